The predicted molar refractivity (Wildman–Crippen MR) is 75.5 cm³/mol. The molecule has 1 heterocycles. The van der Waals surface area contributed by atoms with Crippen LogP contribution in [0.2, 0.25) is 0 Å². The summed E-state index contributed by atoms with van der Waals surface area (Å²) in [5.74, 6) is 0. The van der Waals surface area contributed by atoms with Crippen molar-refractivity contribution in [1.82, 2.24) is 15.1 Å². The van der Waals surface area contributed by atoms with Crippen LogP contribution < -0.4 is 5.32 Å². The minimum atomic E-state index is 0.332. The van der Waals surface area contributed by atoms with Gasteiger partial charge in [-0.25, -0.2) is 0 Å². The van der Waals surface area contributed by atoms with E-state index in [0.717, 1.165) is 6.54 Å². The van der Waals surface area contributed by atoms with Crippen LogP contribution >= 0.6 is 0 Å². The lowest BCUT2D eigenvalue weighted by molar-refractivity contribution is 0.0384. The molecule has 0 aliphatic carbocycles. The fourth-order valence-electron chi connectivity index (χ4n) is 2.40. The molecule has 3 nitrogen and oxygen atoms in total. The lowest BCUT2D eigenvalue weighted by atomic mass is 9.99. The maximum Gasteiger partial charge on any atom is 0.0277 e. The summed E-state index contributed by atoms with van der Waals surface area (Å²) in [6.07, 6.45) is 2.49. The molecule has 17 heavy (non-hydrogen) atoms. The number of nitrogens with one attached hydrogen (secondary N) is 1. The molecule has 0 amide bonds. The first-order valence-corrected chi connectivity index (χ1v) is 7.12. The number of likely N-dealkylation sites (N-methyl/N-ethyl adjacent to an activating group) is 1. The van der Waals surface area contributed by atoms with E-state index in [2.05, 4.69) is 49.9 Å². The van der Waals surface area contributed by atoms with Crippen LogP contribution in [0.3, 0.4) is 0 Å². The minimum absolute atomic E-state index is 0.332. The highest BCUT2D eigenvalue weighted by Gasteiger charge is 2.30. The van der Waals surface area contributed by atoms with E-state index in [9.17, 15) is 0 Å². The zero-order valence-electron chi connectivity index (χ0n) is 12.4. The maximum absolute atomic E-state index is 3.56. The topological polar surface area (TPSA) is 18.5 Å². The van der Waals surface area contributed by atoms with E-state index >= 15 is 0 Å². The van der Waals surface area contributed by atoms with Crippen LogP contribution in [0.15, 0.2) is 0 Å². The van der Waals surface area contributed by atoms with Crippen molar-refractivity contribution in [3.8, 4) is 0 Å². The van der Waals surface area contributed by atoms with Crippen molar-refractivity contribution in [2.45, 2.75) is 52.1 Å². The lowest BCUT2D eigenvalue weighted by Crippen LogP contribution is -2.57. The molecule has 1 fully saturated rings. The minimum Gasteiger partial charge on any atom is -0.314 e. The summed E-state index contributed by atoms with van der Waals surface area (Å²) in [6, 6.07) is 0.651. The highest BCUT2D eigenvalue weighted by Crippen LogP contribution is 2.18. The number of hydrogen-bond acceptors (Lipinski definition) is 3. The van der Waals surface area contributed by atoms with Crippen LogP contribution in [0.5, 0.6) is 0 Å². The van der Waals surface area contributed by atoms with Crippen molar-refractivity contribution in [2.75, 3.05) is 39.8 Å². The summed E-state index contributed by atoms with van der Waals surface area (Å²) in [5, 5.41) is 3.56. The van der Waals surface area contributed by atoms with Crippen LogP contribution in [-0.4, -0.2) is 61.2 Å². The fraction of sp³-hybridized carbons (Fsp3) is 1.00. The van der Waals surface area contributed by atoms with Gasteiger partial charge >= 0.3 is 0 Å². The normalized spacial score (nSPS) is 23.8. The first-order chi connectivity index (χ1) is 7.95. The van der Waals surface area contributed by atoms with Gasteiger partial charge in [0.15, 0.2) is 0 Å². The Morgan fingerprint density at radius 1 is 1.29 bits per heavy atom. The molecule has 0 spiro atoms. The molecule has 102 valence electrons. The Balaban J connectivity index is 2.24. The number of hydrogen-bond donors (Lipinski definition) is 1. The number of rotatable bonds is 6. The van der Waals surface area contributed by atoms with Crippen LogP contribution in [0.25, 0.3) is 0 Å². The molecule has 1 saturated heterocycles. The number of piperazine rings is 1. The Hall–Kier alpha value is -0.120. The summed E-state index contributed by atoms with van der Waals surface area (Å²) < 4.78 is 0. The first kappa shape index (κ1) is 14.9. The van der Waals surface area contributed by atoms with Gasteiger partial charge in [0.2, 0.25) is 0 Å². The monoisotopic (exact) mass is 241 g/mol. The second kappa shape index (κ2) is 6.72. The van der Waals surface area contributed by atoms with Gasteiger partial charge in [-0.2, -0.15) is 0 Å². The van der Waals surface area contributed by atoms with Crippen LogP contribution in [0.1, 0.15) is 40.5 Å². The molecule has 0 aromatic rings. The molecule has 0 bridgehead atoms. The summed E-state index contributed by atoms with van der Waals surface area (Å²) in [6.45, 7) is 15.2. The molecule has 0 aromatic carbocycles. The van der Waals surface area contributed by atoms with Crippen LogP contribution in [-0.2, 0) is 0 Å². The van der Waals surface area contributed by atoms with Gasteiger partial charge in [0.25, 0.3) is 0 Å². The summed E-state index contributed by atoms with van der Waals surface area (Å²) >= 11 is 0. The van der Waals surface area contributed by atoms with Gasteiger partial charge in [-0.05, 0) is 53.8 Å². The molecular weight excluding hydrogens is 210 g/mol. The largest absolute Gasteiger partial charge is 0.314 e. The van der Waals surface area contributed by atoms with Crippen molar-refractivity contribution in [2.24, 2.45) is 0 Å². The van der Waals surface area contributed by atoms with Crippen molar-refractivity contribution >= 4 is 0 Å². The second-order valence-corrected chi connectivity index (χ2v) is 6.15. The van der Waals surface area contributed by atoms with Gasteiger partial charge in [0, 0.05) is 31.2 Å². The van der Waals surface area contributed by atoms with E-state index in [0.29, 0.717) is 11.6 Å². The van der Waals surface area contributed by atoms with Crippen molar-refractivity contribution in [3.05, 3.63) is 0 Å². The van der Waals surface area contributed by atoms with E-state index in [4.69, 9.17) is 0 Å². The molecule has 1 unspecified atom stereocenters. The zero-order valence-corrected chi connectivity index (χ0v) is 12.4. The van der Waals surface area contributed by atoms with Gasteiger partial charge < -0.3 is 10.2 Å². The highest BCUT2D eigenvalue weighted by atomic mass is 15.3. The van der Waals surface area contributed by atoms with E-state index < -0.39 is 0 Å². The van der Waals surface area contributed by atoms with E-state index in [1.807, 2.05) is 0 Å². The highest BCUT2D eigenvalue weighted by molar-refractivity contribution is 4.88. The first-order valence-electron chi connectivity index (χ1n) is 7.12. The molecule has 0 aromatic heterocycles. The Bertz CT molecular complexity index is 216. The standard InChI is InChI=1S/C14H31N3/c1-6-8-15-13(2)7-9-17-11-10-16(5)14(3,4)12-17/h13,15H,6-12H2,1-5H3. The second-order valence-electron chi connectivity index (χ2n) is 6.15. The van der Waals surface area contributed by atoms with E-state index in [1.165, 1.54) is 39.0 Å². The van der Waals surface area contributed by atoms with Gasteiger partial charge in [0.1, 0.15) is 0 Å². The molecule has 1 rings (SSSR count). The molecule has 0 saturated carbocycles. The summed E-state index contributed by atoms with van der Waals surface area (Å²) in [4.78, 5) is 5.09. The van der Waals surface area contributed by atoms with Crippen molar-refractivity contribution in [1.29, 1.82) is 0 Å². The Morgan fingerprint density at radius 2 is 2.00 bits per heavy atom. The van der Waals surface area contributed by atoms with Gasteiger partial charge in [-0.15, -0.1) is 0 Å². The lowest BCUT2D eigenvalue weighted by Gasteiger charge is -2.45. The Labute approximate surface area is 108 Å². The number of nitrogens with zero attached hydrogens (tertiary/aromatic N) is 2. The molecule has 1 aliphatic rings. The van der Waals surface area contributed by atoms with Gasteiger partial charge in [0.05, 0.1) is 0 Å². The predicted octanol–water partition coefficient (Wildman–Crippen LogP) is 1.79. The van der Waals surface area contributed by atoms with Crippen LogP contribution in [0, 0.1) is 0 Å². The molecule has 3 heteroatoms. The zero-order chi connectivity index (χ0) is 12.9. The molecule has 1 N–H and O–H groups in total. The van der Waals surface area contributed by atoms with Crippen molar-refractivity contribution in [3.63, 3.8) is 0 Å². The third-order valence-corrected chi connectivity index (χ3v) is 4.02. The Morgan fingerprint density at radius 3 is 2.59 bits per heavy atom. The fourth-order valence-corrected chi connectivity index (χ4v) is 2.40. The molecule has 1 atom stereocenters. The molecule has 0 radical (unpaired) electrons. The average Bonchev–Trinajstić information content (AvgIpc) is 2.27. The third kappa shape index (κ3) is 4.94. The van der Waals surface area contributed by atoms with E-state index in [1.54, 1.807) is 0 Å². The van der Waals surface area contributed by atoms with Crippen molar-refractivity contribution < 1.29 is 0 Å². The van der Waals surface area contributed by atoms with Gasteiger partial charge in [-0.3, -0.25) is 4.90 Å². The molecular formula is C14H31N3. The summed E-state index contributed by atoms with van der Waals surface area (Å²) in [7, 11) is 2.24. The smallest absolute Gasteiger partial charge is 0.0277 e. The Kier molecular flexibility index (Phi) is 5.90. The molecule has 1 aliphatic heterocycles. The quantitative estimate of drug-likeness (QED) is 0.765. The van der Waals surface area contributed by atoms with Crippen LogP contribution in [0.4, 0.5) is 0 Å². The van der Waals surface area contributed by atoms with E-state index in [-0.39, 0.29) is 0 Å². The third-order valence-electron chi connectivity index (χ3n) is 4.02. The summed E-state index contributed by atoms with van der Waals surface area (Å²) in [5.41, 5.74) is 0.332. The maximum atomic E-state index is 3.56. The SMILES string of the molecule is CCCNC(C)CCN1CCN(C)C(C)(C)C1. The van der Waals surface area contributed by atoms with Gasteiger partial charge in [-0.1, -0.05) is 6.92 Å². The average molecular weight is 241 g/mol.